The van der Waals surface area contributed by atoms with E-state index in [9.17, 15) is 4.79 Å². The van der Waals surface area contributed by atoms with Gasteiger partial charge < -0.3 is 4.98 Å². The second kappa shape index (κ2) is 5.96. The molecule has 0 spiro atoms. The Morgan fingerprint density at radius 1 is 1.00 bits per heavy atom. The van der Waals surface area contributed by atoms with Gasteiger partial charge in [0.2, 0.25) is 5.82 Å². The molecule has 0 saturated heterocycles. The molecule has 2 heterocycles. The van der Waals surface area contributed by atoms with Crippen molar-refractivity contribution in [3.05, 3.63) is 77.0 Å². The first-order valence-electron chi connectivity index (χ1n) is 7.47. The van der Waals surface area contributed by atoms with Crippen molar-refractivity contribution >= 4 is 0 Å². The third-order valence-corrected chi connectivity index (χ3v) is 3.85. The van der Waals surface area contributed by atoms with Crippen molar-refractivity contribution in [2.24, 2.45) is 0 Å². The Hall–Kier alpha value is -3.48. The van der Waals surface area contributed by atoms with Crippen LogP contribution in [0.2, 0.25) is 0 Å². The molecular weight excluding hydrogens is 304 g/mol. The topological polar surface area (TPSA) is 92.2 Å². The number of hydrogen-bond donors (Lipinski definition) is 2. The fourth-order valence-corrected chi connectivity index (χ4v) is 2.67. The van der Waals surface area contributed by atoms with E-state index in [0.29, 0.717) is 12.4 Å². The maximum absolute atomic E-state index is 11.6. The Morgan fingerprint density at radius 3 is 2.46 bits per heavy atom. The maximum Gasteiger partial charge on any atom is 0.325 e. The van der Waals surface area contributed by atoms with E-state index in [-0.39, 0.29) is 5.69 Å². The van der Waals surface area contributed by atoms with Crippen molar-refractivity contribution in [3.63, 3.8) is 0 Å². The van der Waals surface area contributed by atoms with E-state index in [0.717, 1.165) is 22.3 Å². The van der Waals surface area contributed by atoms with Crippen molar-refractivity contribution in [2.45, 2.75) is 6.54 Å². The van der Waals surface area contributed by atoms with Gasteiger partial charge in [0, 0.05) is 18.0 Å². The van der Waals surface area contributed by atoms with E-state index in [4.69, 9.17) is 0 Å². The molecule has 0 saturated carbocycles. The molecular formula is C17H14N6O. The normalized spacial score (nSPS) is 10.8. The zero-order chi connectivity index (χ0) is 16.4. The maximum atomic E-state index is 11.6. The summed E-state index contributed by atoms with van der Waals surface area (Å²) in [6.45, 7) is 0.537. The van der Waals surface area contributed by atoms with Gasteiger partial charge in [-0.15, -0.1) is 10.2 Å². The fraction of sp³-hybridized carbons (Fsp3) is 0.0588. The van der Waals surface area contributed by atoms with Crippen LogP contribution in [0.3, 0.4) is 0 Å². The molecule has 0 aliphatic heterocycles. The third-order valence-electron chi connectivity index (χ3n) is 3.85. The van der Waals surface area contributed by atoms with Crippen LogP contribution in [0, 0.1) is 0 Å². The van der Waals surface area contributed by atoms with Crippen LogP contribution in [0.4, 0.5) is 0 Å². The Bertz CT molecular complexity index is 998. The molecule has 4 rings (SSSR count). The van der Waals surface area contributed by atoms with Crippen LogP contribution in [-0.2, 0) is 6.54 Å². The summed E-state index contributed by atoms with van der Waals surface area (Å²) in [5.41, 5.74) is 3.95. The Kier molecular flexibility index (Phi) is 3.51. The largest absolute Gasteiger partial charge is 0.325 e. The molecule has 0 unspecified atom stereocenters. The highest BCUT2D eigenvalue weighted by atomic mass is 16.1. The number of benzene rings is 2. The van der Waals surface area contributed by atoms with Gasteiger partial charge in [-0.05, 0) is 21.9 Å². The molecule has 7 nitrogen and oxygen atoms in total. The summed E-state index contributed by atoms with van der Waals surface area (Å²) in [5, 5.41) is 14.2. The van der Waals surface area contributed by atoms with Gasteiger partial charge in [0.25, 0.3) is 0 Å². The van der Waals surface area contributed by atoms with Crippen molar-refractivity contribution in [1.82, 2.24) is 30.2 Å². The molecule has 0 aliphatic rings. The molecule has 0 bridgehead atoms. The summed E-state index contributed by atoms with van der Waals surface area (Å²) in [6, 6.07) is 16.0. The van der Waals surface area contributed by atoms with Crippen LogP contribution >= 0.6 is 0 Å². The number of aromatic nitrogens is 6. The minimum atomic E-state index is -0.110. The number of H-pyrrole nitrogens is 2. The molecule has 24 heavy (non-hydrogen) atoms. The number of tetrazole rings is 1. The van der Waals surface area contributed by atoms with Crippen LogP contribution in [0.25, 0.3) is 22.5 Å². The van der Waals surface area contributed by atoms with Gasteiger partial charge >= 0.3 is 5.69 Å². The Morgan fingerprint density at radius 2 is 1.79 bits per heavy atom. The van der Waals surface area contributed by atoms with Crippen LogP contribution in [0.1, 0.15) is 5.56 Å². The molecule has 2 aromatic heterocycles. The Labute approximate surface area is 137 Å². The first kappa shape index (κ1) is 14.1. The molecule has 4 aromatic rings. The summed E-state index contributed by atoms with van der Waals surface area (Å²) in [5.74, 6) is 0.563. The van der Waals surface area contributed by atoms with Crippen molar-refractivity contribution in [2.75, 3.05) is 0 Å². The second-order valence-electron chi connectivity index (χ2n) is 5.37. The number of rotatable bonds is 4. The molecule has 0 radical (unpaired) electrons. The molecule has 2 N–H and O–H groups in total. The van der Waals surface area contributed by atoms with E-state index in [1.807, 2.05) is 48.5 Å². The standard InChI is InChI=1S/C17H14N6O/c24-17-18-9-10-23(17)11-12-5-7-13(8-6-12)14-3-1-2-4-15(14)16-19-21-22-20-16/h1-10H,11H2,(H,18,24)(H,19,20,21,22). The molecule has 7 heteroatoms. The lowest BCUT2D eigenvalue weighted by atomic mass is 9.98. The Balaban J connectivity index is 1.67. The number of hydrogen-bond acceptors (Lipinski definition) is 4. The van der Waals surface area contributed by atoms with Crippen molar-refractivity contribution < 1.29 is 0 Å². The minimum absolute atomic E-state index is 0.110. The summed E-state index contributed by atoms with van der Waals surface area (Å²) >= 11 is 0. The van der Waals surface area contributed by atoms with Gasteiger partial charge in [-0.3, -0.25) is 4.57 Å². The van der Waals surface area contributed by atoms with Gasteiger partial charge in [-0.2, -0.15) is 5.21 Å². The van der Waals surface area contributed by atoms with E-state index in [1.54, 1.807) is 17.0 Å². The summed E-state index contributed by atoms with van der Waals surface area (Å²) in [6.07, 6.45) is 3.37. The van der Waals surface area contributed by atoms with Crippen LogP contribution in [0.15, 0.2) is 65.7 Å². The molecule has 118 valence electrons. The van der Waals surface area contributed by atoms with E-state index < -0.39 is 0 Å². The smallest absolute Gasteiger partial charge is 0.313 e. The first-order valence-corrected chi connectivity index (χ1v) is 7.47. The lowest BCUT2D eigenvalue weighted by molar-refractivity contribution is 0.762. The molecule has 0 fully saturated rings. The average Bonchev–Trinajstić information content (AvgIpc) is 3.28. The fourth-order valence-electron chi connectivity index (χ4n) is 2.67. The quantitative estimate of drug-likeness (QED) is 0.602. The second-order valence-corrected chi connectivity index (χ2v) is 5.37. The predicted molar refractivity (Wildman–Crippen MR) is 89.2 cm³/mol. The highest BCUT2D eigenvalue weighted by Gasteiger charge is 2.10. The number of nitrogens with one attached hydrogen (secondary N) is 2. The van der Waals surface area contributed by atoms with Gasteiger partial charge in [0.1, 0.15) is 0 Å². The minimum Gasteiger partial charge on any atom is -0.313 e. The SMILES string of the molecule is O=c1[nH]ccn1Cc1ccc(-c2ccccc2-c2nn[nH]n2)cc1. The lowest BCUT2D eigenvalue weighted by Crippen LogP contribution is -2.16. The predicted octanol–water partition coefficient (Wildman–Crippen LogP) is 2.07. The third kappa shape index (κ3) is 2.63. The number of nitrogens with zero attached hydrogens (tertiary/aromatic N) is 4. The van der Waals surface area contributed by atoms with Crippen LogP contribution in [-0.4, -0.2) is 30.2 Å². The summed E-state index contributed by atoms with van der Waals surface area (Å²) in [4.78, 5) is 14.2. The molecule has 2 aromatic carbocycles. The average molecular weight is 318 g/mol. The number of aromatic amines is 2. The van der Waals surface area contributed by atoms with Gasteiger partial charge in [-0.1, -0.05) is 48.5 Å². The zero-order valence-electron chi connectivity index (χ0n) is 12.7. The number of imidazole rings is 1. The molecule has 0 atom stereocenters. The van der Waals surface area contributed by atoms with Gasteiger partial charge in [0.05, 0.1) is 6.54 Å². The highest BCUT2D eigenvalue weighted by molar-refractivity contribution is 5.80. The van der Waals surface area contributed by atoms with Gasteiger partial charge in [-0.25, -0.2) is 4.79 Å². The van der Waals surface area contributed by atoms with E-state index in [1.165, 1.54) is 0 Å². The monoisotopic (exact) mass is 318 g/mol. The first-order chi connectivity index (χ1) is 11.8. The molecule has 0 aliphatic carbocycles. The van der Waals surface area contributed by atoms with Crippen LogP contribution in [0.5, 0.6) is 0 Å². The van der Waals surface area contributed by atoms with Gasteiger partial charge in [0.15, 0.2) is 0 Å². The lowest BCUT2D eigenvalue weighted by Gasteiger charge is -2.08. The summed E-state index contributed by atoms with van der Waals surface area (Å²) < 4.78 is 1.63. The van der Waals surface area contributed by atoms with E-state index in [2.05, 4.69) is 25.6 Å². The molecule has 0 amide bonds. The zero-order valence-corrected chi connectivity index (χ0v) is 12.7. The van der Waals surface area contributed by atoms with Crippen molar-refractivity contribution in [1.29, 1.82) is 0 Å². The van der Waals surface area contributed by atoms with E-state index >= 15 is 0 Å². The van der Waals surface area contributed by atoms with Crippen LogP contribution < -0.4 is 5.69 Å². The van der Waals surface area contributed by atoms with Crippen molar-refractivity contribution in [3.8, 4) is 22.5 Å². The summed E-state index contributed by atoms with van der Waals surface area (Å²) in [7, 11) is 0. The highest BCUT2D eigenvalue weighted by Crippen LogP contribution is 2.29.